The molecule has 35 heavy (non-hydrogen) atoms. The summed E-state index contributed by atoms with van der Waals surface area (Å²) in [6.45, 7) is 1.65. The van der Waals surface area contributed by atoms with Gasteiger partial charge in [0.05, 0.1) is 11.7 Å². The fourth-order valence-corrected chi connectivity index (χ4v) is 5.30. The zero-order valence-corrected chi connectivity index (χ0v) is 20.2. The van der Waals surface area contributed by atoms with E-state index in [2.05, 4.69) is 34.9 Å². The lowest BCUT2D eigenvalue weighted by Crippen LogP contribution is -2.59. The lowest BCUT2D eigenvalue weighted by molar-refractivity contribution is -0.134. The highest BCUT2D eigenvalue weighted by atomic mass is 35.5. The molecule has 1 spiro atoms. The van der Waals surface area contributed by atoms with E-state index in [1.807, 2.05) is 58.3 Å². The van der Waals surface area contributed by atoms with Gasteiger partial charge in [0.2, 0.25) is 5.91 Å². The average Bonchev–Trinajstić information content (AvgIpc) is 3.11. The number of anilines is 1. The Bertz CT molecular complexity index is 1180. The molecule has 3 aromatic carbocycles. The van der Waals surface area contributed by atoms with Gasteiger partial charge in [0.15, 0.2) is 0 Å². The van der Waals surface area contributed by atoms with Crippen molar-refractivity contribution in [2.45, 2.75) is 37.5 Å². The molecular weight excluding hydrogens is 460 g/mol. The van der Waals surface area contributed by atoms with Gasteiger partial charge in [-0.2, -0.15) is 0 Å². The van der Waals surface area contributed by atoms with E-state index in [4.69, 9.17) is 11.6 Å². The van der Waals surface area contributed by atoms with E-state index >= 15 is 0 Å². The van der Waals surface area contributed by atoms with Crippen molar-refractivity contribution in [2.24, 2.45) is 0 Å². The molecule has 0 aromatic heterocycles. The highest BCUT2D eigenvalue weighted by molar-refractivity contribution is 6.30. The molecule has 0 bridgehead atoms. The molecule has 0 radical (unpaired) electrons. The number of amides is 3. The number of hydrogen-bond acceptors (Lipinski definition) is 3. The third-order valence-corrected chi connectivity index (χ3v) is 7.18. The van der Waals surface area contributed by atoms with E-state index in [1.165, 1.54) is 0 Å². The largest absolute Gasteiger partial charge is 0.324 e. The number of hydrogen-bond donors (Lipinski definition) is 2. The SMILES string of the molecule is O=C(Nc1cccc(Cl)c1)N1CCC2(CC1)N[C@H](Cc1ccccc1)C(=O)N2Cc1ccccc1. The zero-order valence-electron chi connectivity index (χ0n) is 19.5. The summed E-state index contributed by atoms with van der Waals surface area (Å²) >= 11 is 6.05. The summed E-state index contributed by atoms with van der Waals surface area (Å²) in [5.41, 5.74) is 2.43. The van der Waals surface area contributed by atoms with Crippen molar-refractivity contribution in [1.82, 2.24) is 15.1 Å². The van der Waals surface area contributed by atoms with E-state index < -0.39 is 5.66 Å². The van der Waals surface area contributed by atoms with Gasteiger partial charge >= 0.3 is 6.03 Å². The highest BCUT2D eigenvalue weighted by Gasteiger charge is 2.51. The van der Waals surface area contributed by atoms with Crippen LogP contribution in [0.1, 0.15) is 24.0 Å². The highest BCUT2D eigenvalue weighted by Crippen LogP contribution is 2.35. The number of piperidine rings is 1. The van der Waals surface area contributed by atoms with Gasteiger partial charge < -0.3 is 15.1 Å². The minimum absolute atomic E-state index is 0.120. The summed E-state index contributed by atoms with van der Waals surface area (Å²) in [5, 5.41) is 7.21. The van der Waals surface area contributed by atoms with Crippen molar-refractivity contribution in [2.75, 3.05) is 18.4 Å². The Morgan fingerprint density at radius 3 is 2.26 bits per heavy atom. The Kier molecular flexibility index (Phi) is 6.75. The first-order valence-electron chi connectivity index (χ1n) is 12.0. The number of urea groups is 1. The first-order valence-corrected chi connectivity index (χ1v) is 12.4. The maximum absolute atomic E-state index is 13.6. The summed E-state index contributed by atoms with van der Waals surface area (Å²) in [6, 6.07) is 26.9. The van der Waals surface area contributed by atoms with Gasteiger partial charge in [-0.15, -0.1) is 0 Å². The van der Waals surface area contributed by atoms with E-state index in [1.54, 1.807) is 12.1 Å². The fourth-order valence-electron chi connectivity index (χ4n) is 5.11. The van der Waals surface area contributed by atoms with Crippen LogP contribution < -0.4 is 10.6 Å². The van der Waals surface area contributed by atoms with Gasteiger partial charge in [-0.05, 0) is 35.7 Å². The van der Waals surface area contributed by atoms with Gasteiger partial charge in [0.1, 0.15) is 0 Å². The molecule has 2 aliphatic heterocycles. The number of halogens is 1. The van der Waals surface area contributed by atoms with Crippen LogP contribution >= 0.6 is 11.6 Å². The number of likely N-dealkylation sites (tertiary alicyclic amines) is 1. The molecule has 180 valence electrons. The molecule has 0 saturated carbocycles. The molecule has 0 aliphatic carbocycles. The van der Waals surface area contributed by atoms with Crippen LogP contribution in [0.5, 0.6) is 0 Å². The Morgan fingerprint density at radius 1 is 0.943 bits per heavy atom. The van der Waals surface area contributed by atoms with Crippen molar-refractivity contribution in [1.29, 1.82) is 0 Å². The second kappa shape index (κ2) is 10.1. The van der Waals surface area contributed by atoms with Crippen LogP contribution in [0.4, 0.5) is 10.5 Å². The predicted molar refractivity (Wildman–Crippen MR) is 138 cm³/mol. The molecular formula is C28H29ClN4O2. The second-order valence-electron chi connectivity index (χ2n) is 9.26. The summed E-state index contributed by atoms with van der Waals surface area (Å²) in [6.07, 6.45) is 1.98. The molecule has 0 unspecified atom stereocenters. The predicted octanol–water partition coefficient (Wildman–Crippen LogP) is 4.91. The normalized spacial score (nSPS) is 19.2. The fraction of sp³-hybridized carbons (Fsp3) is 0.286. The van der Waals surface area contributed by atoms with Gasteiger partial charge in [0.25, 0.3) is 0 Å². The van der Waals surface area contributed by atoms with Crippen LogP contribution in [0.2, 0.25) is 5.02 Å². The molecule has 3 amide bonds. The Hall–Kier alpha value is -3.35. The minimum atomic E-state index is -0.473. The van der Waals surface area contributed by atoms with Crippen molar-refractivity contribution in [3.05, 3.63) is 101 Å². The standard InChI is InChI=1S/C28H29ClN4O2/c29-23-12-7-13-24(19-23)30-27(35)32-16-14-28(15-17-32)31-25(18-21-8-3-1-4-9-21)26(34)33(28)20-22-10-5-2-6-11-22/h1-13,19,25,31H,14-18,20H2,(H,30,35)/t25-/m1/s1. The van der Waals surface area contributed by atoms with Crippen LogP contribution in [0, 0.1) is 0 Å². The Balaban J connectivity index is 1.31. The van der Waals surface area contributed by atoms with Crippen LogP contribution in [0.3, 0.4) is 0 Å². The third-order valence-electron chi connectivity index (χ3n) is 6.94. The summed E-state index contributed by atoms with van der Waals surface area (Å²) in [4.78, 5) is 30.3. The van der Waals surface area contributed by atoms with Crippen LogP contribution in [0.15, 0.2) is 84.9 Å². The van der Waals surface area contributed by atoms with E-state index in [0.29, 0.717) is 49.6 Å². The second-order valence-corrected chi connectivity index (χ2v) is 9.69. The number of carbonyl (C=O) groups excluding carboxylic acids is 2. The van der Waals surface area contributed by atoms with E-state index in [9.17, 15) is 9.59 Å². The molecule has 3 aromatic rings. The van der Waals surface area contributed by atoms with Gasteiger partial charge in [0, 0.05) is 43.2 Å². The minimum Gasteiger partial charge on any atom is -0.324 e. The molecule has 2 heterocycles. The monoisotopic (exact) mass is 488 g/mol. The molecule has 7 heteroatoms. The molecule has 2 saturated heterocycles. The van der Waals surface area contributed by atoms with Gasteiger partial charge in [-0.25, -0.2) is 4.79 Å². The van der Waals surface area contributed by atoms with E-state index in [-0.39, 0.29) is 18.0 Å². The molecule has 1 atom stereocenters. The topological polar surface area (TPSA) is 64.7 Å². The molecule has 2 N–H and O–H groups in total. The molecule has 2 aliphatic rings. The van der Waals surface area contributed by atoms with Crippen LogP contribution in [-0.2, 0) is 17.8 Å². The maximum Gasteiger partial charge on any atom is 0.321 e. The number of nitrogens with one attached hydrogen (secondary N) is 2. The maximum atomic E-state index is 13.6. The first kappa shape index (κ1) is 23.4. The molecule has 2 fully saturated rings. The summed E-state index contributed by atoms with van der Waals surface area (Å²) in [5.74, 6) is 0.120. The first-order chi connectivity index (χ1) is 17.0. The Labute approximate surface area is 210 Å². The van der Waals surface area contributed by atoms with Crippen molar-refractivity contribution in [3.63, 3.8) is 0 Å². The average molecular weight is 489 g/mol. The smallest absolute Gasteiger partial charge is 0.321 e. The number of rotatable bonds is 5. The quantitative estimate of drug-likeness (QED) is 0.536. The number of nitrogens with zero attached hydrogens (tertiary/aromatic N) is 2. The zero-order chi connectivity index (χ0) is 24.3. The Morgan fingerprint density at radius 2 is 1.60 bits per heavy atom. The van der Waals surface area contributed by atoms with Gasteiger partial charge in [-0.1, -0.05) is 78.3 Å². The molecule has 5 rings (SSSR count). The number of benzene rings is 3. The van der Waals surface area contributed by atoms with Crippen molar-refractivity contribution < 1.29 is 9.59 Å². The van der Waals surface area contributed by atoms with Crippen molar-refractivity contribution in [3.8, 4) is 0 Å². The third kappa shape index (κ3) is 5.19. The number of carbonyl (C=O) groups is 2. The molecule has 6 nitrogen and oxygen atoms in total. The van der Waals surface area contributed by atoms with Crippen LogP contribution in [0.25, 0.3) is 0 Å². The summed E-state index contributed by atoms with van der Waals surface area (Å²) < 4.78 is 0. The van der Waals surface area contributed by atoms with E-state index in [0.717, 1.165) is 11.1 Å². The van der Waals surface area contributed by atoms with Crippen LogP contribution in [-0.4, -0.2) is 46.5 Å². The lowest BCUT2D eigenvalue weighted by Gasteiger charge is -2.44. The lowest BCUT2D eigenvalue weighted by atomic mass is 9.95. The van der Waals surface area contributed by atoms with Gasteiger partial charge in [-0.3, -0.25) is 10.1 Å². The summed E-state index contributed by atoms with van der Waals surface area (Å²) in [7, 11) is 0. The van der Waals surface area contributed by atoms with Crippen molar-refractivity contribution >= 4 is 29.2 Å².